The highest BCUT2D eigenvalue weighted by molar-refractivity contribution is 9.12. The van der Waals surface area contributed by atoms with E-state index in [0.29, 0.717) is 5.56 Å². The number of rotatable bonds is 5. The Morgan fingerprint density at radius 3 is 2.12 bits per heavy atom. The van der Waals surface area contributed by atoms with Crippen molar-refractivity contribution < 1.29 is 19.3 Å². The molecule has 1 aliphatic heterocycles. The van der Waals surface area contributed by atoms with Crippen molar-refractivity contribution in [3.63, 3.8) is 0 Å². The molecule has 2 aromatic carbocycles. The predicted octanol–water partition coefficient (Wildman–Crippen LogP) is 4.58. The average molecular weight is 612 g/mol. The maximum Gasteiger partial charge on any atom is 0.274 e. The van der Waals surface area contributed by atoms with Crippen LogP contribution in [0.3, 0.4) is 0 Å². The van der Waals surface area contributed by atoms with Gasteiger partial charge in [0.1, 0.15) is 0 Å². The van der Waals surface area contributed by atoms with E-state index < -0.39 is 34.5 Å². The van der Waals surface area contributed by atoms with Crippen LogP contribution in [0.2, 0.25) is 5.02 Å². The second-order valence-electron chi connectivity index (χ2n) is 8.76. The number of nitro groups is 1. The Kier molecular flexibility index (Phi) is 6.02. The number of carbonyl (C=O) groups excluding carboxylic acids is 3. The van der Waals surface area contributed by atoms with E-state index in [1.807, 2.05) is 0 Å². The van der Waals surface area contributed by atoms with E-state index in [0.717, 1.165) is 16.4 Å². The van der Waals surface area contributed by atoms with Gasteiger partial charge in [-0.15, -0.1) is 0 Å². The van der Waals surface area contributed by atoms with Crippen LogP contribution in [0.1, 0.15) is 22.3 Å². The first-order chi connectivity index (χ1) is 16.2. The minimum Gasteiger partial charge on any atom is -0.272 e. The van der Waals surface area contributed by atoms with Gasteiger partial charge in [0.05, 0.1) is 33.9 Å². The molecule has 0 radical (unpaired) electrons. The number of alkyl halides is 2. The van der Waals surface area contributed by atoms with Crippen molar-refractivity contribution in [2.45, 2.75) is 22.6 Å². The van der Waals surface area contributed by atoms with E-state index in [2.05, 4.69) is 31.9 Å². The van der Waals surface area contributed by atoms with Gasteiger partial charge < -0.3 is 0 Å². The lowest BCUT2D eigenvalue weighted by molar-refractivity contribution is -0.384. The monoisotopic (exact) mass is 609 g/mol. The Morgan fingerprint density at radius 1 is 1.03 bits per heavy atom. The molecule has 11 heteroatoms. The van der Waals surface area contributed by atoms with E-state index in [4.69, 9.17) is 11.6 Å². The number of nitro benzene ring substituents is 1. The number of benzene rings is 2. The number of nitrogens with zero attached hydrogens (tertiary/aromatic N) is 3. The van der Waals surface area contributed by atoms with E-state index in [1.54, 1.807) is 18.2 Å². The molecule has 176 valence electrons. The first-order valence-corrected chi connectivity index (χ1v) is 12.9. The summed E-state index contributed by atoms with van der Waals surface area (Å²) in [5.74, 6) is -2.37. The van der Waals surface area contributed by atoms with Gasteiger partial charge in [-0.05, 0) is 36.0 Å². The molecule has 1 heterocycles. The zero-order valence-electron chi connectivity index (χ0n) is 17.5. The highest BCUT2D eigenvalue weighted by Gasteiger charge is 2.67. The molecule has 0 spiro atoms. The van der Waals surface area contributed by atoms with E-state index in [-0.39, 0.29) is 44.3 Å². The topological polar surface area (TPSA) is 101 Å². The largest absolute Gasteiger partial charge is 0.274 e. The third-order valence-electron chi connectivity index (χ3n) is 7.02. The fourth-order valence-electron chi connectivity index (χ4n) is 5.47. The maximum absolute atomic E-state index is 13.6. The number of halogens is 3. The average Bonchev–Trinajstić information content (AvgIpc) is 3.43. The number of hydrogen-bond donors (Lipinski definition) is 0. The molecule has 5 rings (SSSR count). The molecule has 0 aromatic heterocycles. The molecule has 3 fully saturated rings. The summed E-state index contributed by atoms with van der Waals surface area (Å²) in [4.78, 5) is 51.4. The van der Waals surface area contributed by atoms with Crippen molar-refractivity contribution in [2.24, 2.45) is 23.7 Å². The first-order valence-electron chi connectivity index (χ1n) is 10.7. The second kappa shape index (κ2) is 8.73. The number of amides is 3. The lowest BCUT2D eigenvalue weighted by atomic mass is 9.81. The lowest BCUT2D eigenvalue weighted by Crippen LogP contribution is -2.50. The third kappa shape index (κ3) is 3.58. The summed E-state index contributed by atoms with van der Waals surface area (Å²) >= 11 is 13.6. The van der Waals surface area contributed by atoms with Gasteiger partial charge >= 0.3 is 0 Å². The molecular formula is C23H18Br2ClN3O5. The van der Waals surface area contributed by atoms with Crippen LogP contribution in [0.4, 0.5) is 5.69 Å². The smallest absolute Gasteiger partial charge is 0.272 e. The van der Waals surface area contributed by atoms with Gasteiger partial charge in [0.15, 0.2) is 0 Å². The van der Waals surface area contributed by atoms with Crippen LogP contribution in [-0.4, -0.2) is 42.3 Å². The highest BCUT2D eigenvalue weighted by Crippen LogP contribution is 2.60. The summed E-state index contributed by atoms with van der Waals surface area (Å²) in [6.07, 6.45) is 0.771. The van der Waals surface area contributed by atoms with Gasteiger partial charge in [0, 0.05) is 21.8 Å². The first kappa shape index (κ1) is 23.4. The molecule has 6 atom stereocenters. The van der Waals surface area contributed by atoms with Crippen molar-refractivity contribution >= 4 is 66.9 Å². The van der Waals surface area contributed by atoms with Crippen LogP contribution in [0.25, 0.3) is 0 Å². The summed E-state index contributed by atoms with van der Waals surface area (Å²) in [5.41, 5.74) is 0.589. The molecule has 0 unspecified atom stereocenters. The zero-order valence-corrected chi connectivity index (χ0v) is 21.4. The summed E-state index contributed by atoms with van der Waals surface area (Å²) < 4.78 is 0. The zero-order chi connectivity index (χ0) is 24.3. The number of imide groups is 1. The molecule has 8 nitrogen and oxygen atoms in total. The number of hydrogen-bond acceptors (Lipinski definition) is 5. The van der Waals surface area contributed by atoms with Gasteiger partial charge in [-0.25, -0.2) is 5.01 Å². The maximum atomic E-state index is 13.6. The van der Waals surface area contributed by atoms with Crippen LogP contribution in [0.5, 0.6) is 0 Å². The molecule has 2 aromatic rings. The van der Waals surface area contributed by atoms with Gasteiger partial charge in [-0.3, -0.25) is 24.5 Å². The standard InChI is InChI=1S/C23H18Br2ClN3O5/c24-19-14-9-15(20(19)25)18-17(14)22(31)28(23(18)32)27(21(30)13-3-1-2-4-16(13)26)10-11-5-7-12(8-6-11)29(33)34/h1-8,14-15,17-20H,9-10H2/t14-,15-,17-,18-,19-,20+/m1/s1. The Morgan fingerprint density at radius 2 is 1.59 bits per heavy atom. The molecule has 0 N–H and O–H groups in total. The Bertz CT molecular complexity index is 1180. The van der Waals surface area contributed by atoms with Gasteiger partial charge in [-0.1, -0.05) is 67.7 Å². The second-order valence-corrected chi connectivity index (χ2v) is 11.3. The number of non-ortho nitro benzene ring substituents is 1. The summed E-state index contributed by atoms with van der Waals surface area (Å²) in [7, 11) is 0. The van der Waals surface area contributed by atoms with Crippen molar-refractivity contribution in [2.75, 3.05) is 0 Å². The van der Waals surface area contributed by atoms with Crippen LogP contribution in [0, 0.1) is 33.8 Å². The van der Waals surface area contributed by atoms with Crippen molar-refractivity contribution in [1.82, 2.24) is 10.0 Å². The Balaban J connectivity index is 1.53. The fourth-order valence-corrected chi connectivity index (χ4v) is 7.56. The minimum atomic E-state index is -0.594. The number of fused-ring (bicyclic) bond motifs is 5. The Hall–Kier alpha value is -2.30. The van der Waals surface area contributed by atoms with Crippen LogP contribution in [-0.2, 0) is 16.1 Å². The Labute approximate surface area is 216 Å². The van der Waals surface area contributed by atoms with Crippen molar-refractivity contribution in [1.29, 1.82) is 0 Å². The molecular weight excluding hydrogens is 594 g/mol. The third-order valence-corrected chi connectivity index (χ3v) is 10.6. The normalized spacial score (nSPS) is 29.4. The minimum absolute atomic E-state index is 0.00235. The number of carbonyl (C=O) groups is 3. The molecule has 3 aliphatic rings. The van der Waals surface area contributed by atoms with Gasteiger partial charge in [0.25, 0.3) is 23.4 Å². The quantitative estimate of drug-likeness (QED) is 0.213. The SMILES string of the molecule is O=C(c1ccccc1Cl)N(Cc1ccc([N+](=O)[O-])cc1)N1C(=O)[C@@H]2[C@H]3C[C@@H]([C@@H](Br)[C@H]3Br)[C@H]2C1=O. The van der Waals surface area contributed by atoms with E-state index in [1.165, 1.54) is 30.3 Å². The summed E-state index contributed by atoms with van der Waals surface area (Å²) in [6.45, 7) is -0.121. The molecule has 34 heavy (non-hydrogen) atoms. The van der Waals surface area contributed by atoms with E-state index >= 15 is 0 Å². The van der Waals surface area contributed by atoms with Crippen LogP contribution in [0.15, 0.2) is 48.5 Å². The molecule has 2 aliphatic carbocycles. The van der Waals surface area contributed by atoms with Crippen LogP contribution >= 0.6 is 43.5 Å². The lowest BCUT2D eigenvalue weighted by Gasteiger charge is -2.31. The van der Waals surface area contributed by atoms with Crippen molar-refractivity contribution in [3.05, 3.63) is 74.8 Å². The summed E-state index contributed by atoms with van der Waals surface area (Å²) in [5, 5.41) is 13.3. The van der Waals surface area contributed by atoms with Gasteiger partial charge in [0.2, 0.25) is 0 Å². The number of hydrazine groups is 1. The van der Waals surface area contributed by atoms with Crippen LogP contribution < -0.4 is 0 Å². The van der Waals surface area contributed by atoms with Gasteiger partial charge in [-0.2, -0.15) is 5.01 Å². The predicted molar refractivity (Wildman–Crippen MR) is 130 cm³/mol. The molecule has 3 amide bonds. The van der Waals surface area contributed by atoms with Crippen molar-refractivity contribution in [3.8, 4) is 0 Å². The highest BCUT2D eigenvalue weighted by atomic mass is 79.9. The van der Waals surface area contributed by atoms with E-state index in [9.17, 15) is 24.5 Å². The molecule has 1 saturated heterocycles. The fraction of sp³-hybridized carbons (Fsp3) is 0.348. The molecule has 2 saturated carbocycles. The molecule has 2 bridgehead atoms. The summed E-state index contributed by atoms with van der Waals surface area (Å²) in [6, 6.07) is 12.1.